The van der Waals surface area contributed by atoms with E-state index in [2.05, 4.69) is 10.6 Å². The second kappa shape index (κ2) is 8.25. The summed E-state index contributed by atoms with van der Waals surface area (Å²) in [7, 11) is 0. The molecule has 1 unspecified atom stereocenters. The van der Waals surface area contributed by atoms with E-state index < -0.39 is 11.2 Å². The van der Waals surface area contributed by atoms with Gasteiger partial charge in [-0.25, -0.2) is 0 Å². The van der Waals surface area contributed by atoms with E-state index in [-0.39, 0.29) is 10.9 Å². The first kappa shape index (κ1) is 18.3. The zero-order chi connectivity index (χ0) is 18.5. The van der Waals surface area contributed by atoms with Gasteiger partial charge in [-0.15, -0.1) is 0 Å². The van der Waals surface area contributed by atoms with Gasteiger partial charge in [0.1, 0.15) is 0 Å². The van der Waals surface area contributed by atoms with Crippen LogP contribution in [-0.4, -0.2) is 16.4 Å². The monoisotopic (exact) mass is 389 g/mol. The molecule has 0 fully saturated rings. The van der Waals surface area contributed by atoms with Gasteiger partial charge in [0.15, 0.2) is 5.95 Å². The molecule has 1 atom stereocenters. The quantitative estimate of drug-likeness (QED) is 0.517. The minimum Gasteiger partial charge on any atom is -0.538 e. The van der Waals surface area contributed by atoms with E-state index in [4.69, 9.17) is 16.1 Å². The van der Waals surface area contributed by atoms with Crippen molar-refractivity contribution in [3.63, 3.8) is 0 Å². The van der Waals surface area contributed by atoms with Gasteiger partial charge in [0.05, 0.1) is 10.5 Å². The molecule has 0 aliphatic carbocycles. The molecule has 0 saturated heterocycles. The molecule has 3 rings (SSSR count). The Balaban J connectivity index is 1.79. The fourth-order valence-electron chi connectivity index (χ4n) is 2.29. The molecule has 0 aliphatic rings. The lowest BCUT2D eigenvalue weighted by atomic mass is 10.3. The molecule has 1 heterocycles. The van der Waals surface area contributed by atoms with E-state index in [1.54, 1.807) is 36.4 Å². The molecular weight excluding hydrogens is 374 g/mol. The lowest BCUT2D eigenvalue weighted by molar-refractivity contribution is -0.705. The number of carbonyl (C=O) groups is 1. The number of nitrogens with zero attached hydrogens (tertiary/aromatic N) is 2. The van der Waals surface area contributed by atoms with Gasteiger partial charge in [-0.05, 0) is 47.1 Å². The molecule has 0 aliphatic heterocycles. The molecular formula is C18H16ClN3O3S. The van der Waals surface area contributed by atoms with Gasteiger partial charge in [0.25, 0.3) is 5.03 Å². The Bertz CT molecular complexity index is 884. The zero-order valence-electron chi connectivity index (χ0n) is 13.9. The van der Waals surface area contributed by atoms with Gasteiger partial charge in [-0.3, -0.25) is 4.79 Å². The number of amides is 1. The molecule has 0 bridgehead atoms. The Morgan fingerprint density at radius 1 is 1.27 bits per heavy atom. The van der Waals surface area contributed by atoms with Gasteiger partial charge >= 0.3 is 0 Å². The van der Waals surface area contributed by atoms with E-state index in [1.807, 2.05) is 25.1 Å². The number of para-hydroxylation sites is 1. The second-order valence-corrected chi connectivity index (χ2v) is 7.05. The van der Waals surface area contributed by atoms with E-state index >= 15 is 0 Å². The minimum atomic E-state index is -0.573. The van der Waals surface area contributed by atoms with Crippen molar-refractivity contribution in [1.82, 2.24) is 5.27 Å². The molecule has 0 saturated carbocycles. The summed E-state index contributed by atoms with van der Waals surface area (Å²) in [4.78, 5) is 12.6. The van der Waals surface area contributed by atoms with Crippen LogP contribution >= 0.6 is 23.4 Å². The number of carbonyl (C=O) groups excluding carboxylic acids is 1. The largest absolute Gasteiger partial charge is 0.538 e. The van der Waals surface area contributed by atoms with E-state index in [0.29, 0.717) is 22.8 Å². The maximum absolute atomic E-state index is 12.6. The highest BCUT2D eigenvalue weighted by molar-refractivity contribution is 8.00. The van der Waals surface area contributed by atoms with Crippen LogP contribution in [0, 0.1) is 0 Å². The van der Waals surface area contributed by atoms with Crippen molar-refractivity contribution in [1.29, 1.82) is 0 Å². The van der Waals surface area contributed by atoms with Crippen LogP contribution in [0.15, 0.2) is 64.1 Å². The highest BCUT2D eigenvalue weighted by Gasteiger charge is 2.28. The number of aromatic nitrogens is 2. The number of nitrogens with one attached hydrogen (secondary N) is 1. The highest BCUT2D eigenvalue weighted by atomic mass is 35.5. The van der Waals surface area contributed by atoms with Crippen molar-refractivity contribution in [2.24, 2.45) is 0 Å². The van der Waals surface area contributed by atoms with Gasteiger partial charge in [0, 0.05) is 22.8 Å². The fourth-order valence-corrected chi connectivity index (χ4v) is 3.39. The van der Waals surface area contributed by atoms with Gasteiger partial charge in [-0.2, -0.15) is 0 Å². The first-order valence-electron chi connectivity index (χ1n) is 7.96. The third kappa shape index (κ3) is 4.17. The standard InChI is InChI=1S/C18H16ClN3O3S/c1-2-15(16(23)20-13-10-8-12(19)9-11-13)26-17-18(24)25-21-22(17)14-6-4-3-5-7-14/h3-11,15H,2H2,1H3,(H-,20,21,23,24). The average Bonchev–Trinajstić information content (AvgIpc) is 3.02. The number of halogens is 1. The summed E-state index contributed by atoms with van der Waals surface area (Å²) in [6, 6.07) is 16.0. The van der Waals surface area contributed by atoms with E-state index in [9.17, 15) is 9.90 Å². The molecule has 1 aromatic heterocycles. The Morgan fingerprint density at radius 2 is 1.96 bits per heavy atom. The number of benzene rings is 2. The predicted molar refractivity (Wildman–Crippen MR) is 97.5 cm³/mol. The van der Waals surface area contributed by atoms with Crippen LogP contribution < -0.4 is 15.1 Å². The van der Waals surface area contributed by atoms with Crippen LogP contribution in [0.5, 0.6) is 5.95 Å². The molecule has 6 nitrogen and oxygen atoms in total. The number of rotatable bonds is 6. The molecule has 1 amide bonds. The van der Waals surface area contributed by atoms with Crippen LogP contribution in [0.3, 0.4) is 0 Å². The van der Waals surface area contributed by atoms with Crippen LogP contribution in [0.25, 0.3) is 5.69 Å². The molecule has 0 radical (unpaired) electrons. The molecule has 1 N–H and O–H groups in total. The molecule has 3 aromatic rings. The molecule has 26 heavy (non-hydrogen) atoms. The van der Waals surface area contributed by atoms with Crippen molar-refractivity contribution in [2.45, 2.75) is 23.6 Å². The van der Waals surface area contributed by atoms with Crippen molar-refractivity contribution in [3.8, 4) is 11.6 Å². The number of hydrogen-bond donors (Lipinski definition) is 1. The van der Waals surface area contributed by atoms with Crippen molar-refractivity contribution >= 4 is 35.0 Å². The average molecular weight is 390 g/mol. The lowest BCUT2D eigenvalue weighted by Gasteiger charge is -2.13. The van der Waals surface area contributed by atoms with Gasteiger partial charge < -0.3 is 14.9 Å². The Morgan fingerprint density at radius 3 is 2.62 bits per heavy atom. The first-order chi connectivity index (χ1) is 12.6. The number of hydrogen-bond acceptors (Lipinski definition) is 5. The number of anilines is 1. The lowest BCUT2D eigenvalue weighted by Crippen LogP contribution is -2.36. The number of thioether (sulfide) groups is 1. The SMILES string of the molecule is CCC(Sc1c([O-])on[n+]1-c1ccccc1)C(=O)Nc1ccc(Cl)cc1. The second-order valence-electron chi connectivity index (χ2n) is 5.42. The minimum absolute atomic E-state index is 0.208. The summed E-state index contributed by atoms with van der Waals surface area (Å²) >= 11 is 6.98. The van der Waals surface area contributed by atoms with Crippen LogP contribution in [-0.2, 0) is 4.79 Å². The van der Waals surface area contributed by atoms with Crippen molar-refractivity contribution in [3.05, 3.63) is 59.6 Å². The Hall–Kier alpha value is -2.51. The third-order valence-electron chi connectivity index (χ3n) is 3.60. The smallest absolute Gasteiger partial charge is 0.298 e. The molecule has 0 spiro atoms. The Kier molecular flexibility index (Phi) is 5.80. The predicted octanol–water partition coefficient (Wildman–Crippen LogP) is 3.19. The van der Waals surface area contributed by atoms with E-state index in [0.717, 1.165) is 11.8 Å². The van der Waals surface area contributed by atoms with Crippen LogP contribution in [0.4, 0.5) is 5.69 Å². The zero-order valence-corrected chi connectivity index (χ0v) is 15.5. The summed E-state index contributed by atoms with van der Waals surface area (Å²) < 4.78 is 6.20. The summed E-state index contributed by atoms with van der Waals surface area (Å²) in [5, 5.41) is 19.1. The van der Waals surface area contributed by atoms with Gasteiger partial charge in [0.2, 0.25) is 11.6 Å². The van der Waals surface area contributed by atoms with Gasteiger partial charge in [-0.1, -0.05) is 36.7 Å². The molecule has 134 valence electrons. The normalized spacial score (nSPS) is 11.9. The van der Waals surface area contributed by atoms with Crippen molar-refractivity contribution < 1.29 is 19.1 Å². The summed E-state index contributed by atoms with van der Waals surface area (Å²) in [5.41, 5.74) is 1.33. The maximum atomic E-state index is 12.6. The molecule has 2 aromatic carbocycles. The Labute approximate surface area is 159 Å². The fraction of sp³-hybridized carbons (Fsp3) is 0.167. The van der Waals surface area contributed by atoms with Crippen molar-refractivity contribution in [2.75, 3.05) is 5.32 Å². The molecule has 8 heteroatoms. The highest BCUT2D eigenvalue weighted by Crippen LogP contribution is 2.30. The third-order valence-corrected chi connectivity index (χ3v) is 5.25. The van der Waals surface area contributed by atoms with Crippen LogP contribution in [0.2, 0.25) is 5.02 Å². The summed E-state index contributed by atoms with van der Waals surface area (Å²) in [6.45, 7) is 1.88. The van der Waals surface area contributed by atoms with Crippen LogP contribution in [0.1, 0.15) is 13.3 Å². The summed E-state index contributed by atoms with van der Waals surface area (Å²) in [5.74, 6) is -0.781. The topological polar surface area (TPSA) is 82.1 Å². The maximum Gasteiger partial charge on any atom is 0.298 e. The van der Waals surface area contributed by atoms with E-state index in [1.165, 1.54) is 4.68 Å². The summed E-state index contributed by atoms with van der Waals surface area (Å²) in [6.07, 6.45) is 0.531. The first-order valence-corrected chi connectivity index (χ1v) is 9.21.